The van der Waals surface area contributed by atoms with E-state index >= 15 is 0 Å². The first-order valence-corrected chi connectivity index (χ1v) is 6.08. The third-order valence-electron chi connectivity index (χ3n) is 2.02. The molecule has 1 rings (SSSR count). The van der Waals surface area contributed by atoms with Crippen molar-refractivity contribution in [2.75, 3.05) is 7.11 Å². The van der Waals surface area contributed by atoms with Crippen LogP contribution >= 0.6 is 27.5 Å². The van der Waals surface area contributed by atoms with E-state index in [1.807, 2.05) is 0 Å². The average Bonchev–Trinajstić information content (AvgIpc) is 2.31. The van der Waals surface area contributed by atoms with Crippen molar-refractivity contribution in [3.05, 3.63) is 28.0 Å². The number of carbonyl (C=O) groups excluding carboxylic acids is 1. The van der Waals surface area contributed by atoms with Gasteiger partial charge in [0, 0.05) is 10.9 Å². The number of aromatic nitrogens is 1. The topological polar surface area (TPSA) is 39.2 Å². The van der Waals surface area contributed by atoms with Crippen molar-refractivity contribution in [1.29, 1.82) is 0 Å². The number of pyridine rings is 1. The van der Waals surface area contributed by atoms with Gasteiger partial charge in [-0.05, 0) is 6.07 Å². The molecular weight excluding hydrogens is 319 g/mol. The molecule has 0 unspecified atom stereocenters. The molecule has 0 aliphatic rings. The van der Waals surface area contributed by atoms with E-state index in [-0.39, 0.29) is 22.7 Å². The molecule has 3 nitrogen and oxygen atoms in total. The quantitative estimate of drug-likeness (QED) is 0.629. The summed E-state index contributed by atoms with van der Waals surface area (Å²) in [7, 11) is 1.21. The third kappa shape index (κ3) is 3.61. The highest BCUT2D eigenvalue weighted by Gasteiger charge is 2.19. The fourth-order valence-corrected chi connectivity index (χ4v) is 1.75. The van der Waals surface area contributed by atoms with E-state index in [4.69, 9.17) is 11.6 Å². The molecule has 0 N–H and O–H groups in total. The predicted molar refractivity (Wildman–Crippen MR) is 62.6 cm³/mol. The van der Waals surface area contributed by atoms with Gasteiger partial charge in [-0.2, -0.15) is 0 Å². The maximum Gasteiger partial charge on any atom is 0.311 e. The molecule has 17 heavy (non-hydrogen) atoms. The minimum atomic E-state index is -2.71. The Hall–Kier alpha value is -0.750. The number of hydrogen-bond acceptors (Lipinski definition) is 3. The zero-order chi connectivity index (χ0) is 13.0. The van der Waals surface area contributed by atoms with Crippen LogP contribution in [-0.2, 0) is 21.3 Å². The second-order valence-corrected chi connectivity index (χ2v) is 4.09. The standard InChI is InChI=1S/C10H9BrClF2NO2/c1-17-8(16)3-7-9(12)6(10(13)14)2-5(4-11)15-7/h2,10H,3-4H2,1H3. The Kier molecular flexibility index (Phi) is 5.27. The SMILES string of the molecule is COC(=O)Cc1nc(CBr)cc(C(F)F)c1Cl. The molecule has 0 amide bonds. The lowest BCUT2D eigenvalue weighted by atomic mass is 10.1. The molecule has 1 aromatic rings. The highest BCUT2D eigenvalue weighted by Crippen LogP contribution is 2.30. The Morgan fingerprint density at radius 2 is 2.29 bits per heavy atom. The average molecular weight is 329 g/mol. The maximum absolute atomic E-state index is 12.7. The molecule has 0 saturated heterocycles. The Labute approximate surface area is 110 Å². The van der Waals surface area contributed by atoms with Crippen LogP contribution in [0.25, 0.3) is 0 Å². The Morgan fingerprint density at radius 3 is 2.76 bits per heavy atom. The van der Waals surface area contributed by atoms with Crippen LogP contribution < -0.4 is 0 Å². The van der Waals surface area contributed by atoms with Gasteiger partial charge in [-0.3, -0.25) is 9.78 Å². The number of rotatable bonds is 4. The van der Waals surface area contributed by atoms with Crippen LogP contribution in [0.3, 0.4) is 0 Å². The number of ether oxygens (including phenoxy) is 1. The van der Waals surface area contributed by atoms with E-state index in [0.29, 0.717) is 11.0 Å². The van der Waals surface area contributed by atoms with Crippen molar-refractivity contribution in [3.8, 4) is 0 Å². The number of carbonyl (C=O) groups is 1. The predicted octanol–water partition coefficient (Wildman–Crippen LogP) is 3.28. The summed E-state index contributed by atoms with van der Waals surface area (Å²) in [5.74, 6) is -0.577. The van der Waals surface area contributed by atoms with Crippen molar-refractivity contribution >= 4 is 33.5 Å². The molecule has 0 atom stereocenters. The first-order chi connectivity index (χ1) is 7.99. The molecule has 0 fully saturated rings. The van der Waals surface area contributed by atoms with E-state index in [2.05, 4.69) is 25.7 Å². The van der Waals surface area contributed by atoms with Crippen LogP contribution in [0.1, 0.15) is 23.4 Å². The van der Waals surface area contributed by atoms with Crippen LogP contribution in [0.4, 0.5) is 8.78 Å². The van der Waals surface area contributed by atoms with Crippen LogP contribution in [0.2, 0.25) is 5.02 Å². The fraction of sp³-hybridized carbons (Fsp3) is 0.400. The molecule has 0 aliphatic heterocycles. The van der Waals surface area contributed by atoms with Gasteiger partial charge in [0.25, 0.3) is 6.43 Å². The minimum absolute atomic E-state index is 0.103. The summed E-state index contributed by atoms with van der Waals surface area (Å²) < 4.78 is 29.8. The van der Waals surface area contributed by atoms with Crippen molar-refractivity contribution in [3.63, 3.8) is 0 Å². The summed E-state index contributed by atoms with van der Waals surface area (Å²) in [6.07, 6.45) is -2.93. The van der Waals surface area contributed by atoms with Crippen molar-refractivity contribution in [2.24, 2.45) is 0 Å². The zero-order valence-corrected chi connectivity index (χ0v) is 11.2. The molecule has 0 bridgehead atoms. The van der Waals surface area contributed by atoms with Gasteiger partial charge in [0.15, 0.2) is 0 Å². The number of methoxy groups -OCH3 is 1. The van der Waals surface area contributed by atoms with Crippen molar-refractivity contribution in [2.45, 2.75) is 18.2 Å². The molecule has 7 heteroatoms. The van der Waals surface area contributed by atoms with Crippen molar-refractivity contribution in [1.82, 2.24) is 4.98 Å². The summed E-state index contributed by atoms with van der Waals surface area (Å²) in [6.45, 7) is 0. The van der Waals surface area contributed by atoms with Gasteiger partial charge >= 0.3 is 5.97 Å². The normalized spacial score (nSPS) is 10.7. The largest absolute Gasteiger partial charge is 0.469 e. The molecular formula is C10H9BrClF2NO2. The third-order valence-corrected chi connectivity index (χ3v) is 3.03. The molecule has 0 saturated carbocycles. The molecule has 1 aromatic heterocycles. The number of halogens is 4. The maximum atomic E-state index is 12.7. The van der Waals surface area contributed by atoms with Gasteiger partial charge in [-0.25, -0.2) is 8.78 Å². The van der Waals surface area contributed by atoms with Gasteiger partial charge in [0.1, 0.15) is 0 Å². The summed E-state index contributed by atoms with van der Waals surface area (Å²) in [6, 6.07) is 1.21. The number of hydrogen-bond donors (Lipinski definition) is 0. The summed E-state index contributed by atoms with van der Waals surface area (Å²) >= 11 is 8.88. The van der Waals surface area contributed by atoms with Gasteiger partial charge in [0.2, 0.25) is 0 Å². The monoisotopic (exact) mass is 327 g/mol. The van der Waals surface area contributed by atoms with Gasteiger partial charge in [-0.15, -0.1) is 0 Å². The Morgan fingerprint density at radius 1 is 1.65 bits per heavy atom. The van der Waals surface area contributed by atoms with E-state index in [0.717, 1.165) is 0 Å². The summed E-state index contributed by atoms with van der Waals surface area (Å²) in [5.41, 5.74) is 0.171. The smallest absolute Gasteiger partial charge is 0.311 e. The van der Waals surface area contributed by atoms with E-state index in [1.54, 1.807) is 0 Å². The van der Waals surface area contributed by atoms with Crippen LogP contribution in [-0.4, -0.2) is 18.1 Å². The summed E-state index contributed by atoms with van der Waals surface area (Å²) in [5, 5.41) is 0.119. The van der Waals surface area contributed by atoms with Crippen LogP contribution in [0.15, 0.2) is 6.07 Å². The lowest BCUT2D eigenvalue weighted by Gasteiger charge is -2.10. The van der Waals surface area contributed by atoms with Gasteiger partial charge in [-0.1, -0.05) is 27.5 Å². The van der Waals surface area contributed by atoms with E-state index in [9.17, 15) is 13.6 Å². The number of nitrogens with zero attached hydrogens (tertiary/aromatic N) is 1. The molecule has 0 radical (unpaired) electrons. The van der Waals surface area contributed by atoms with Gasteiger partial charge < -0.3 is 4.74 Å². The lowest BCUT2D eigenvalue weighted by molar-refractivity contribution is -0.139. The molecule has 1 heterocycles. The first kappa shape index (κ1) is 14.3. The van der Waals surface area contributed by atoms with Gasteiger partial charge in [0.05, 0.1) is 29.9 Å². The van der Waals surface area contributed by atoms with Crippen LogP contribution in [0, 0.1) is 0 Å². The highest BCUT2D eigenvalue weighted by molar-refractivity contribution is 9.08. The molecule has 94 valence electrons. The minimum Gasteiger partial charge on any atom is -0.469 e. The van der Waals surface area contributed by atoms with Crippen LogP contribution in [0.5, 0.6) is 0 Å². The lowest BCUT2D eigenvalue weighted by Crippen LogP contribution is -2.09. The molecule has 0 spiro atoms. The van der Waals surface area contributed by atoms with Crippen molar-refractivity contribution < 1.29 is 18.3 Å². The number of esters is 1. The first-order valence-electron chi connectivity index (χ1n) is 4.58. The zero-order valence-electron chi connectivity index (χ0n) is 8.84. The Bertz CT molecular complexity index is 429. The fourth-order valence-electron chi connectivity index (χ4n) is 1.22. The Balaban J connectivity index is 3.19. The molecule has 0 aliphatic carbocycles. The second-order valence-electron chi connectivity index (χ2n) is 3.15. The number of alkyl halides is 3. The van der Waals surface area contributed by atoms with E-state index in [1.165, 1.54) is 13.2 Å². The highest BCUT2D eigenvalue weighted by atomic mass is 79.9. The summed E-state index contributed by atoms with van der Waals surface area (Å²) in [4.78, 5) is 15.1. The molecule has 0 aromatic carbocycles. The second kappa shape index (κ2) is 6.26. The van der Waals surface area contributed by atoms with E-state index < -0.39 is 12.4 Å².